The molecule has 29 heavy (non-hydrogen) atoms. The van der Waals surface area contributed by atoms with Gasteiger partial charge in [-0.05, 0) is 55.8 Å². The van der Waals surface area contributed by atoms with E-state index in [1.165, 1.54) is 0 Å². The van der Waals surface area contributed by atoms with Gasteiger partial charge in [0.2, 0.25) is 0 Å². The van der Waals surface area contributed by atoms with Crippen LogP contribution in [-0.4, -0.2) is 27.5 Å². The molecule has 0 aliphatic heterocycles. The molecule has 0 spiro atoms. The Morgan fingerprint density at radius 3 is 2.28 bits per heavy atom. The van der Waals surface area contributed by atoms with Crippen LogP contribution in [0.15, 0.2) is 42.5 Å². The van der Waals surface area contributed by atoms with Crippen molar-refractivity contribution in [3.63, 3.8) is 0 Å². The molecule has 2 aromatic carbocycles. The number of carbonyl (C=O) groups excluding carboxylic acids is 1. The van der Waals surface area contributed by atoms with Gasteiger partial charge in [-0.3, -0.25) is 4.79 Å². The second kappa shape index (κ2) is 9.77. The summed E-state index contributed by atoms with van der Waals surface area (Å²) in [5.74, 6) is 0.0485. The minimum atomic E-state index is -4.25. The number of anilines is 1. The van der Waals surface area contributed by atoms with Crippen LogP contribution in [0.4, 0.5) is 5.69 Å². The number of rotatable bonds is 9. The zero-order valence-corrected chi connectivity index (χ0v) is 16.8. The number of benzene rings is 2. The minimum Gasteiger partial charge on any atom is -0.490 e. The van der Waals surface area contributed by atoms with E-state index in [4.69, 9.17) is 19.9 Å². The summed E-state index contributed by atoms with van der Waals surface area (Å²) in [7, 11) is -4.25. The fraction of sp³-hybridized carbons (Fsp3) is 0.263. The summed E-state index contributed by atoms with van der Waals surface area (Å²) in [5, 5.41) is 16.8. The highest BCUT2D eigenvalue weighted by Gasteiger charge is 2.25. The van der Waals surface area contributed by atoms with E-state index in [-0.39, 0.29) is 0 Å². The summed E-state index contributed by atoms with van der Waals surface area (Å²) < 4.78 is 35.6. The Labute approximate surface area is 169 Å². The Kier molecular flexibility index (Phi) is 7.41. The van der Waals surface area contributed by atoms with Gasteiger partial charge in [-0.2, -0.15) is 13.7 Å². The molecule has 0 radical (unpaired) electrons. The van der Waals surface area contributed by atoms with Crippen LogP contribution in [0.5, 0.6) is 11.5 Å². The van der Waals surface area contributed by atoms with Crippen molar-refractivity contribution in [3.05, 3.63) is 53.6 Å². The molecule has 9 nitrogen and oxygen atoms in total. The van der Waals surface area contributed by atoms with E-state index in [1.54, 1.807) is 47.2 Å². The molecule has 4 N–H and O–H groups in total. The molecular formula is C19H22N4O5S. The summed E-state index contributed by atoms with van der Waals surface area (Å²) in [5.41, 5.74) is 1.38. The SMILES string of the molecule is CCOc1ccc(C(Nc2ccc(C#N)cc2)C(=O)NS(N)(=O)=O)cc1OCC. The van der Waals surface area contributed by atoms with E-state index in [1.807, 2.05) is 19.9 Å². The normalized spacial score (nSPS) is 11.8. The van der Waals surface area contributed by atoms with Gasteiger partial charge >= 0.3 is 0 Å². The molecule has 2 aromatic rings. The molecule has 0 bridgehead atoms. The van der Waals surface area contributed by atoms with Crippen molar-refractivity contribution in [2.45, 2.75) is 19.9 Å². The van der Waals surface area contributed by atoms with Crippen LogP contribution >= 0.6 is 0 Å². The number of nitriles is 1. The molecule has 0 aromatic heterocycles. The number of nitrogens with zero attached hydrogens (tertiary/aromatic N) is 1. The number of nitrogens with two attached hydrogens (primary N) is 1. The number of carbonyl (C=O) groups is 1. The summed E-state index contributed by atoms with van der Waals surface area (Å²) in [4.78, 5) is 12.6. The van der Waals surface area contributed by atoms with Gasteiger partial charge < -0.3 is 14.8 Å². The van der Waals surface area contributed by atoms with Gasteiger partial charge in [0.25, 0.3) is 16.1 Å². The van der Waals surface area contributed by atoms with E-state index >= 15 is 0 Å². The second-order valence-corrected chi connectivity index (χ2v) is 7.14. The summed E-state index contributed by atoms with van der Waals surface area (Å²) >= 11 is 0. The molecular weight excluding hydrogens is 396 g/mol. The van der Waals surface area contributed by atoms with Gasteiger partial charge in [-0.15, -0.1) is 0 Å². The topological polar surface area (TPSA) is 144 Å². The van der Waals surface area contributed by atoms with E-state index in [0.717, 1.165) is 0 Å². The smallest absolute Gasteiger partial charge is 0.298 e. The number of hydrogen-bond acceptors (Lipinski definition) is 7. The molecule has 1 unspecified atom stereocenters. The van der Waals surface area contributed by atoms with Crippen molar-refractivity contribution in [2.24, 2.45) is 5.14 Å². The van der Waals surface area contributed by atoms with Gasteiger partial charge in [0.1, 0.15) is 6.04 Å². The monoisotopic (exact) mass is 418 g/mol. The molecule has 0 saturated heterocycles. The second-order valence-electron chi connectivity index (χ2n) is 5.85. The van der Waals surface area contributed by atoms with Crippen molar-refractivity contribution < 1.29 is 22.7 Å². The quantitative estimate of drug-likeness (QED) is 0.563. The summed E-state index contributed by atoms with van der Waals surface area (Å²) in [6.07, 6.45) is 0. The van der Waals surface area contributed by atoms with Crippen molar-refractivity contribution >= 4 is 21.8 Å². The van der Waals surface area contributed by atoms with Crippen LogP contribution in [-0.2, 0) is 15.0 Å². The van der Waals surface area contributed by atoms with Crippen LogP contribution in [0.25, 0.3) is 0 Å². The Morgan fingerprint density at radius 1 is 1.10 bits per heavy atom. The van der Waals surface area contributed by atoms with Crippen molar-refractivity contribution in [3.8, 4) is 17.6 Å². The van der Waals surface area contributed by atoms with E-state index in [0.29, 0.717) is 41.5 Å². The average molecular weight is 418 g/mol. The first-order valence-corrected chi connectivity index (χ1v) is 10.3. The van der Waals surface area contributed by atoms with Crippen LogP contribution < -0.4 is 24.7 Å². The van der Waals surface area contributed by atoms with Gasteiger partial charge in [0.05, 0.1) is 24.8 Å². The van der Waals surface area contributed by atoms with Crippen LogP contribution in [0.1, 0.15) is 31.0 Å². The Hall–Kier alpha value is -3.29. The van der Waals surface area contributed by atoms with Crippen molar-refractivity contribution in [2.75, 3.05) is 18.5 Å². The zero-order chi connectivity index (χ0) is 21.4. The lowest BCUT2D eigenvalue weighted by molar-refractivity contribution is -0.120. The predicted molar refractivity (Wildman–Crippen MR) is 108 cm³/mol. The average Bonchev–Trinajstić information content (AvgIpc) is 2.67. The molecule has 0 aliphatic rings. The standard InChI is InChI=1S/C19H22N4O5S/c1-3-27-16-10-7-14(11-17(16)28-4-2)18(19(24)23-29(21,25)26)22-15-8-5-13(12-20)6-9-15/h5-11,18,22H,3-4H2,1-2H3,(H,23,24)(H2,21,25,26). The minimum absolute atomic E-state index is 0.376. The zero-order valence-electron chi connectivity index (χ0n) is 16.0. The fourth-order valence-electron chi connectivity index (χ4n) is 2.55. The molecule has 1 atom stereocenters. The molecule has 2 rings (SSSR count). The number of nitrogens with one attached hydrogen (secondary N) is 2. The van der Waals surface area contributed by atoms with E-state index in [2.05, 4.69) is 5.32 Å². The van der Waals surface area contributed by atoms with Gasteiger partial charge in [0, 0.05) is 5.69 Å². The van der Waals surface area contributed by atoms with Gasteiger partial charge in [-0.1, -0.05) is 6.07 Å². The fourth-order valence-corrected chi connectivity index (χ4v) is 2.95. The highest BCUT2D eigenvalue weighted by Crippen LogP contribution is 2.32. The molecule has 0 heterocycles. The third-order valence-corrected chi connectivity index (χ3v) is 4.22. The third-order valence-electron chi connectivity index (χ3n) is 3.73. The Morgan fingerprint density at radius 2 is 1.72 bits per heavy atom. The lowest BCUT2D eigenvalue weighted by atomic mass is 10.0. The maximum Gasteiger partial charge on any atom is 0.298 e. The lowest BCUT2D eigenvalue weighted by Crippen LogP contribution is -2.41. The number of amides is 1. The Balaban J connectivity index is 2.43. The van der Waals surface area contributed by atoms with Crippen LogP contribution in [0, 0.1) is 11.3 Å². The van der Waals surface area contributed by atoms with E-state index < -0.39 is 22.2 Å². The third kappa shape index (κ3) is 6.38. The highest BCUT2D eigenvalue weighted by atomic mass is 32.2. The van der Waals surface area contributed by atoms with Crippen LogP contribution in [0.2, 0.25) is 0 Å². The number of ether oxygens (including phenoxy) is 2. The van der Waals surface area contributed by atoms with Crippen molar-refractivity contribution in [1.82, 2.24) is 4.72 Å². The maximum absolute atomic E-state index is 12.6. The largest absolute Gasteiger partial charge is 0.490 e. The first-order chi connectivity index (χ1) is 13.8. The molecule has 0 fully saturated rings. The molecule has 1 amide bonds. The first-order valence-electron chi connectivity index (χ1n) is 8.78. The maximum atomic E-state index is 12.6. The first kappa shape index (κ1) is 22.0. The summed E-state index contributed by atoms with van der Waals surface area (Å²) in [6, 6.07) is 12.1. The Bertz CT molecular complexity index is 1000. The predicted octanol–water partition coefficient (Wildman–Crippen LogP) is 1.83. The van der Waals surface area contributed by atoms with Crippen molar-refractivity contribution in [1.29, 1.82) is 5.26 Å². The highest BCUT2D eigenvalue weighted by molar-refractivity contribution is 7.87. The number of hydrogen-bond donors (Lipinski definition) is 3. The molecule has 154 valence electrons. The van der Waals surface area contributed by atoms with E-state index in [9.17, 15) is 13.2 Å². The molecule has 0 aliphatic carbocycles. The molecule has 0 saturated carbocycles. The summed E-state index contributed by atoms with van der Waals surface area (Å²) in [6.45, 7) is 4.44. The van der Waals surface area contributed by atoms with Crippen LogP contribution in [0.3, 0.4) is 0 Å². The lowest BCUT2D eigenvalue weighted by Gasteiger charge is -2.21. The van der Waals surface area contributed by atoms with Gasteiger partial charge in [-0.25, -0.2) is 9.86 Å². The molecule has 10 heteroatoms. The van der Waals surface area contributed by atoms with Gasteiger partial charge in [0.15, 0.2) is 11.5 Å².